The van der Waals surface area contributed by atoms with E-state index in [4.69, 9.17) is 11.6 Å². The lowest BCUT2D eigenvalue weighted by Gasteiger charge is -2.32. The monoisotopic (exact) mass is 585 g/mol. The molecule has 2 aromatic carbocycles. The summed E-state index contributed by atoms with van der Waals surface area (Å²) in [5.41, 5.74) is 1.66. The van der Waals surface area contributed by atoms with Crippen molar-refractivity contribution in [1.29, 1.82) is 0 Å². The Labute approximate surface area is 243 Å². The second kappa shape index (κ2) is 11.8. The van der Waals surface area contributed by atoms with Crippen LogP contribution in [0, 0.1) is 13.8 Å². The molecule has 0 unspecified atom stereocenters. The van der Waals surface area contributed by atoms with Gasteiger partial charge >= 0.3 is 0 Å². The number of alkyl halides is 1. The average Bonchev–Trinajstić information content (AvgIpc) is 3.50. The number of hydrogen-bond donors (Lipinski definition) is 4. The van der Waals surface area contributed by atoms with E-state index in [1.165, 1.54) is 4.90 Å². The molecule has 4 atom stereocenters. The maximum atomic E-state index is 13.7. The van der Waals surface area contributed by atoms with Gasteiger partial charge in [-0.2, -0.15) is 0 Å². The maximum absolute atomic E-state index is 13.7. The SMILES string of the molecule is Cc1cc(O)c(C)c(C(=O)N[C@@H](Cc2ccc3ccsc3c2)[C@H](O)C(=O)N2C[C@@H](Cl)C[C@H]2C(=O)NC(C)(C)C)c1. The number of nitrogens with one attached hydrogen (secondary N) is 2. The fraction of sp³-hybridized carbons (Fsp3) is 0.433. The number of carbonyl (C=O) groups excluding carboxylic acids is 3. The van der Waals surface area contributed by atoms with Crippen LogP contribution in [0.2, 0.25) is 0 Å². The van der Waals surface area contributed by atoms with Gasteiger partial charge in [0, 0.05) is 27.9 Å². The number of halogens is 1. The molecule has 1 aromatic heterocycles. The van der Waals surface area contributed by atoms with E-state index in [9.17, 15) is 24.6 Å². The van der Waals surface area contributed by atoms with Crippen molar-refractivity contribution in [2.75, 3.05) is 6.54 Å². The Balaban J connectivity index is 1.63. The Bertz CT molecular complexity index is 1430. The maximum Gasteiger partial charge on any atom is 0.254 e. The molecular weight excluding hydrogens is 550 g/mol. The number of hydrogen-bond acceptors (Lipinski definition) is 6. The van der Waals surface area contributed by atoms with E-state index in [1.54, 1.807) is 37.3 Å². The molecule has 0 radical (unpaired) electrons. The topological polar surface area (TPSA) is 119 Å². The Morgan fingerprint density at radius 2 is 1.88 bits per heavy atom. The molecule has 0 aliphatic carbocycles. The van der Waals surface area contributed by atoms with Gasteiger partial charge in [-0.3, -0.25) is 14.4 Å². The zero-order valence-electron chi connectivity index (χ0n) is 23.3. The summed E-state index contributed by atoms with van der Waals surface area (Å²) in [6, 6.07) is 9.22. The summed E-state index contributed by atoms with van der Waals surface area (Å²) in [5.74, 6) is -1.56. The van der Waals surface area contributed by atoms with Gasteiger partial charge in [-0.15, -0.1) is 22.9 Å². The van der Waals surface area contributed by atoms with Crippen molar-refractivity contribution in [1.82, 2.24) is 15.5 Å². The predicted molar refractivity (Wildman–Crippen MR) is 158 cm³/mol. The predicted octanol–water partition coefficient (Wildman–Crippen LogP) is 4.05. The molecule has 4 N–H and O–H groups in total. The first-order chi connectivity index (χ1) is 18.7. The van der Waals surface area contributed by atoms with Crippen LogP contribution in [0.25, 0.3) is 10.1 Å². The van der Waals surface area contributed by atoms with Crippen LogP contribution in [0.1, 0.15) is 54.2 Å². The van der Waals surface area contributed by atoms with Gasteiger partial charge in [-0.05, 0) is 93.6 Å². The summed E-state index contributed by atoms with van der Waals surface area (Å²) in [6.45, 7) is 9.04. The van der Waals surface area contributed by atoms with Crippen LogP contribution in [-0.2, 0) is 16.0 Å². The van der Waals surface area contributed by atoms with E-state index in [0.717, 1.165) is 15.6 Å². The molecular formula is C30H36ClN3O5S. The fourth-order valence-corrected chi connectivity index (χ4v) is 6.19. The number of carbonyl (C=O) groups is 3. The molecule has 1 aliphatic rings. The molecule has 40 heavy (non-hydrogen) atoms. The number of nitrogens with zero attached hydrogens (tertiary/aromatic N) is 1. The Morgan fingerprint density at radius 3 is 2.58 bits per heavy atom. The van der Waals surface area contributed by atoms with Gasteiger partial charge in [0.05, 0.1) is 11.4 Å². The lowest BCUT2D eigenvalue weighted by atomic mass is 9.97. The lowest BCUT2D eigenvalue weighted by molar-refractivity contribution is -0.146. The van der Waals surface area contributed by atoms with Crippen LogP contribution in [0.4, 0.5) is 0 Å². The second-order valence-electron chi connectivity index (χ2n) is 11.6. The molecule has 3 amide bonds. The van der Waals surface area contributed by atoms with E-state index in [1.807, 2.05) is 50.4 Å². The molecule has 1 aliphatic heterocycles. The Hall–Kier alpha value is -3.14. The number of benzene rings is 2. The van der Waals surface area contributed by atoms with Gasteiger partial charge < -0.3 is 25.7 Å². The quantitative estimate of drug-likeness (QED) is 0.312. The number of aliphatic hydroxyl groups is 1. The van der Waals surface area contributed by atoms with Gasteiger partial charge in [0.15, 0.2) is 6.10 Å². The second-order valence-corrected chi connectivity index (χ2v) is 13.1. The van der Waals surface area contributed by atoms with E-state index in [-0.39, 0.29) is 36.6 Å². The first-order valence-electron chi connectivity index (χ1n) is 13.3. The number of aromatic hydroxyl groups is 1. The molecule has 0 bridgehead atoms. The number of aliphatic hydroxyl groups excluding tert-OH is 1. The Morgan fingerprint density at radius 1 is 1.15 bits per heavy atom. The first-order valence-corrected chi connectivity index (χ1v) is 14.6. The molecule has 4 rings (SSSR count). The van der Waals surface area contributed by atoms with Crippen molar-refractivity contribution in [2.45, 2.75) is 76.6 Å². The van der Waals surface area contributed by atoms with E-state index in [2.05, 4.69) is 10.6 Å². The number of rotatable bonds is 7. The number of amides is 3. The van der Waals surface area contributed by atoms with Gasteiger partial charge in [0.25, 0.3) is 11.8 Å². The summed E-state index contributed by atoms with van der Waals surface area (Å²) < 4.78 is 1.05. The van der Waals surface area contributed by atoms with E-state index < -0.39 is 40.9 Å². The third kappa shape index (κ3) is 6.77. The van der Waals surface area contributed by atoms with Gasteiger partial charge in [0.1, 0.15) is 11.8 Å². The van der Waals surface area contributed by atoms with Crippen molar-refractivity contribution in [3.05, 3.63) is 64.0 Å². The molecule has 3 aromatic rings. The van der Waals surface area contributed by atoms with Crippen molar-refractivity contribution >= 4 is 50.7 Å². The van der Waals surface area contributed by atoms with Gasteiger partial charge in [0.2, 0.25) is 5.91 Å². The number of thiophene rings is 1. The molecule has 1 saturated heterocycles. The molecule has 214 valence electrons. The third-order valence-electron chi connectivity index (χ3n) is 7.03. The highest BCUT2D eigenvalue weighted by Gasteiger charge is 2.43. The average molecular weight is 586 g/mol. The molecule has 2 heterocycles. The van der Waals surface area contributed by atoms with Crippen LogP contribution >= 0.6 is 22.9 Å². The number of likely N-dealkylation sites (tertiary alicyclic amines) is 1. The lowest BCUT2D eigenvalue weighted by Crippen LogP contribution is -2.57. The normalized spacial score (nSPS) is 18.9. The highest BCUT2D eigenvalue weighted by molar-refractivity contribution is 7.17. The fourth-order valence-electron chi connectivity index (χ4n) is 5.01. The van der Waals surface area contributed by atoms with Gasteiger partial charge in [-0.25, -0.2) is 0 Å². The van der Waals surface area contributed by atoms with Crippen LogP contribution < -0.4 is 10.6 Å². The highest BCUT2D eigenvalue weighted by atomic mass is 35.5. The zero-order valence-corrected chi connectivity index (χ0v) is 24.9. The number of aryl methyl sites for hydroxylation is 1. The standard InChI is InChI=1S/C30H36ClN3O5S/c1-16-10-21(17(2)24(35)11-16)27(37)32-22(12-18-6-7-19-8-9-40-25(19)13-18)26(36)29(39)34-15-20(31)14-23(34)28(38)33-30(3,4)5/h6-11,13,20,22-23,26,35-36H,12,14-15H2,1-5H3,(H,32,37)(H,33,38)/t20-,22-,23-,26-/m0/s1. The van der Waals surface area contributed by atoms with Crippen molar-refractivity contribution in [2.24, 2.45) is 0 Å². The number of phenols is 1. The molecule has 8 nitrogen and oxygen atoms in total. The van der Waals surface area contributed by atoms with Crippen LogP contribution in [0.5, 0.6) is 5.75 Å². The Kier molecular flexibility index (Phi) is 8.77. The largest absolute Gasteiger partial charge is 0.508 e. The van der Waals surface area contributed by atoms with E-state index >= 15 is 0 Å². The third-order valence-corrected chi connectivity index (χ3v) is 8.23. The number of phenolic OH excluding ortho intramolecular Hbond substituents is 1. The molecule has 0 saturated carbocycles. The zero-order chi connectivity index (χ0) is 29.4. The summed E-state index contributed by atoms with van der Waals surface area (Å²) >= 11 is 7.96. The van der Waals surface area contributed by atoms with Crippen LogP contribution in [-0.4, -0.2) is 68.5 Å². The van der Waals surface area contributed by atoms with Gasteiger partial charge in [-0.1, -0.05) is 12.1 Å². The summed E-state index contributed by atoms with van der Waals surface area (Å²) in [5, 5.41) is 30.1. The first kappa shape index (κ1) is 29.8. The van der Waals surface area contributed by atoms with Crippen LogP contribution in [0.15, 0.2) is 41.8 Å². The summed E-state index contributed by atoms with van der Waals surface area (Å²) in [7, 11) is 0. The summed E-state index contributed by atoms with van der Waals surface area (Å²) in [6.07, 6.45) is -1.22. The summed E-state index contributed by atoms with van der Waals surface area (Å²) in [4.78, 5) is 41.5. The number of fused-ring (bicyclic) bond motifs is 1. The van der Waals surface area contributed by atoms with Crippen LogP contribution in [0.3, 0.4) is 0 Å². The minimum atomic E-state index is -1.64. The van der Waals surface area contributed by atoms with Crippen molar-refractivity contribution in [3.63, 3.8) is 0 Å². The van der Waals surface area contributed by atoms with Crippen molar-refractivity contribution < 1.29 is 24.6 Å². The minimum Gasteiger partial charge on any atom is -0.508 e. The minimum absolute atomic E-state index is 0.0144. The molecule has 10 heteroatoms. The van der Waals surface area contributed by atoms with Crippen molar-refractivity contribution in [3.8, 4) is 5.75 Å². The molecule has 0 spiro atoms. The molecule has 1 fully saturated rings. The van der Waals surface area contributed by atoms with E-state index in [0.29, 0.717) is 11.1 Å². The highest BCUT2D eigenvalue weighted by Crippen LogP contribution is 2.27. The smallest absolute Gasteiger partial charge is 0.254 e.